The lowest BCUT2D eigenvalue weighted by atomic mass is 10.1. The SMILES string of the molecule is CCNC/C(C)=C/c1ccc(F)cc1Br. The van der Waals surface area contributed by atoms with Gasteiger partial charge in [0, 0.05) is 11.0 Å². The summed E-state index contributed by atoms with van der Waals surface area (Å²) in [6.45, 7) is 5.94. The summed E-state index contributed by atoms with van der Waals surface area (Å²) in [6, 6.07) is 4.72. The van der Waals surface area contributed by atoms with Crippen LogP contribution in [0.3, 0.4) is 0 Å². The predicted molar refractivity (Wildman–Crippen MR) is 66.3 cm³/mol. The fourth-order valence-electron chi connectivity index (χ4n) is 1.26. The average Bonchev–Trinajstić information content (AvgIpc) is 2.19. The second-order valence-corrected chi connectivity index (χ2v) is 4.29. The Morgan fingerprint density at radius 3 is 2.87 bits per heavy atom. The van der Waals surface area contributed by atoms with Crippen LogP contribution in [0.25, 0.3) is 6.08 Å². The number of hydrogen-bond acceptors (Lipinski definition) is 1. The van der Waals surface area contributed by atoms with Gasteiger partial charge in [0.05, 0.1) is 0 Å². The summed E-state index contributed by atoms with van der Waals surface area (Å²) in [5, 5.41) is 3.24. The van der Waals surface area contributed by atoms with Crippen molar-refractivity contribution in [1.29, 1.82) is 0 Å². The topological polar surface area (TPSA) is 12.0 Å². The average molecular weight is 272 g/mol. The van der Waals surface area contributed by atoms with Crippen LogP contribution in [0.15, 0.2) is 28.2 Å². The molecule has 1 nitrogen and oxygen atoms in total. The maximum atomic E-state index is 12.8. The summed E-state index contributed by atoms with van der Waals surface area (Å²) in [4.78, 5) is 0. The standard InChI is InChI=1S/C12H15BrFN/c1-3-15-8-9(2)6-10-4-5-11(14)7-12(10)13/h4-7,15H,3,8H2,1-2H3/b9-6+. The Balaban J connectivity index is 2.78. The molecule has 0 atom stereocenters. The normalized spacial score (nSPS) is 11.9. The Bertz CT molecular complexity index is 361. The first-order chi connectivity index (χ1) is 7.13. The quantitative estimate of drug-likeness (QED) is 0.883. The summed E-state index contributed by atoms with van der Waals surface area (Å²) in [5.41, 5.74) is 2.23. The van der Waals surface area contributed by atoms with E-state index in [9.17, 15) is 4.39 Å². The van der Waals surface area contributed by atoms with Gasteiger partial charge in [0.1, 0.15) is 5.82 Å². The molecule has 0 aromatic heterocycles. The first-order valence-corrected chi connectivity index (χ1v) is 5.75. The molecule has 82 valence electrons. The Labute approximate surface area is 98.5 Å². The van der Waals surface area contributed by atoms with Crippen LogP contribution >= 0.6 is 15.9 Å². The van der Waals surface area contributed by atoms with Gasteiger partial charge in [-0.3, -0.25) is 0 Å². The molecular weight excluding hydrogens is 257 g/mol. The Hall–Kier alpha value is -0.670. The van der Waals surface area contributed by atoms with E-state index in [1.165, 1.54) is 17.7 Å². The Morgan fingerprint density at radius 2 is 2.27 bits per heavy atom. The lowest BCUT2D eigenvalue weighted by molar-refractivity contribution is 0.627. The van der Waals surface area contributed by atoms with Crippen molar-refractivity contribution in [2.24, 2.45) is 0 Å². The molecule has 0 heterocycles. The van der Waals surface area contributed by atoms with Gasteiger partial charge < -0.3 is 5.32 Å². The van der Waals surface area contributed by atoms with E-state index in [0.29, 0.717) is 0 Å². The van der Waals surface area contributed by atoms with Crippen LogP contribution in [-0.2, 0) is 0 Å². The molecule has 1 aromatic rings. The molecule has 0 amide bonds. The van der Waals surface area contributed by atoms with Crippen LogP contribution < -0.4 is 5.32 Å². The van der Waals surface area contributed by atoms with Gasteiger partial charge in [-0.25, -0.2) is 4.39 Å². The second kappa shape index (κ2) is 6.03. The van der Waals surface area contributed by atoms with Gasteiger partial charge in [0.2, 0.25) is 0 Å². The van der Waals surface area contributed by atoms with E-state index in [1.807, 2.05) is 6.08 Å². The third kappa shape index (κ3) is 4.14. The van der Waals surface area contributed by atoms with Crippen LogP contribution in [0.2, 0.25) is 0 Å². The number of rotatable bonds is 4. The third-order valence-corrected chi connectivity index (χ3v) is 2.70. The Kier molecular flexibility index (Phi) is 4.99. The molecule has 0 fully saturated rings. The van der Waals surface area contributed by atoms with Crippen molar-refractivity contribution in [3.8, 4) is 0 Å². The van der Waals surface area contributed by atoms with Crippen LogP contribution in [0.5, 0.6) is 0 Å². The van der Waals surface area contributed by atoms with Gasteiger partial charge in [-0.2, -0.15) is 0 Å². The monoisotopic (exact) mass is 271 g/mol. The van der Waals surface area contributed by atoms with Gasteiger partial charge in [0.15, 0.2) is 0 Å². The number of nitrogens with one attached hydrogen (secondary N) is 1. The van der Waals surface area contributed by atoms with Crippen LogP contribution in [0.1, 0.15) is 19.4 Å². The highest BCUT2D eigenvalue weighted by molar-refractivity contribution is 9.10. The van der Waals surface area contributed by atoms with Crippen molar-refractivity contribution in [3.63, 3.8) is 0 Å². The molecule has 0 aliphatic heterocycles. The zero-order valence-corrected chi connectivity index (χ0v) is 10.6. The summed E-state index contributed by atoms with van der Waals surface area (Å²) in [6.07, 6.45) is 2.05. The van der Waals surface area contributed by atoms with E-state index in [0.717, 1.165) is 23.1 Å². The minimum Gasteiger partial charge on any atom is -0.313 e. The lowest BCUT2D eigenvalue weighted by Crippen LogP contribution is -2.14. The Morgan fingerprint density at radius 1 is 1.53 bits per heavy atom. The fourth-order valence-corrected chi connectivity index (χ4v) is 1.72. The van der Waals surface area contributed by atoms with Crippen molar-refractivity contribution < 1.29 is 4.39 Å². The smallest absolute Gasteiger partial charge is 0.124 e. The molecular formula is C12H15BrFN. The highest BCUT2D eigenvalue weighted by atomic mass is 79.9. The molecule has 0 aliphatic carbocycles. The van der Waals surface area contributed by atoms with Gasteiger partial charge in [0.25, 0.3) is 0 Å². The van der Waals surface area contributed by atoms with Gasteiger partial charge in [-0.15, -0.1) is 0 Å². The minimum atomic E-state index is -0.219. The highest BCUT2D eigenvalue weighted by Crippen LogP contribution is 2.20. The summed E-state index contributed by atoms with van der Waals surface area (Å²) in [7, 11) is 0. The molecule has 0 spiro atoms. The first-order valence-electron chi connectivity index (χ1n) is 4.96. The van der Waals surface area contributed by atoms with E-state index < -0.39 is 0 Å². The summed E-state index contributed by atoms with van der Waals surface area (Å²) < 4.78 is 13.6. The first kappa shape index (κ1) is 12.4. The summed E-state index contributed by atoms with van der Waals surface area (Å²) >= 11 is 3.34. The van der Waals surface area contributed by atoms with Crippen molar-refractivity contribution in [2.45, 2.75) is 13.8 Å². The molecule has 0 radical (unpaired) electrons. The van der Waals surface area contributed by atoms with Crippen molar-refractivity contribution in [1.82, 2.24) is 5.32 Å². The molecule has 0 saturated heterocycles. The van der Waals surface area contributed by atoms with E-state index in [-0.39, 0.29) is 5.82 Å². The van der Waals surface area contributed by atoms with Crippen molar-refractivity contribution >= 4 is 22.0 Å². The van der Waals surface area contributed by atoms with Gasteiger partial charge in [-0.05, 0) is 31.2 Å². The number of benzene rings is 1. The molecule has 1 N–H and O–H groups in total. The van der Waals surface area contributed by atoms with E-state index >= 15 is 0 Å². The molecule has 1 rings (SSSR count). The van der Waals surface area contributed by atoms with E-state index in [4.69, 9.17) is 0 Å². The minimum absolute atomic E-state index is 0.219. The predicted octanol–water partition coefficient (Wildman–Crippen LogP) is 3.60. The molecule has 0 saturated carbocycles. The van der Waals surface area contributed by atoms with Crippen molar-refractivity contribution in [2.75, 3.05) is 13.1 Å². The number of halogens is 2. The van der Waals surface area contributed by atoms with E-state index in [2.05, 4.69) is 35.1 Å². The third-order valence-electron chi connectivity index (χ3n) is 2.02. The van der Waals surface area contributed by atoms with E-state index in [1.54, 1.807) is 6.07 Å². The zero-order valence-electron chi connectivity index (χ0n) is 8.98. The van der Waals surface area contributed by atoms with Crippen LogP contribution in [-0.4, -0.2) is 13.1 Å². The van der Waals surface area contributed by atoms with Gasteiger partial charge in [-0.1, -0.05) is 40.6 Å². The van der Waals surface area contributed by atoms with Gasteiger partial charge >= 0.3 is 0 Å². The van der Waals surface area contributed by atoms with Crippen molar-refractivity contribution in [3.05, 3.63) is 39.6 Å². The lowest BCUT2D eigenvalue weighted by Gasteiger charge is -2.03. The molecule has 0 unspecified atom stereocenters. The second-order valence-electron chi connectivity index (χ2n) is 3.44. The molecule has 0 aliphatic rings. The molecule has 15 heavy (non-hydrogen) atoms. The molecule has 0 bridgehead atoms. The fraction of sp³-hybridized carbons (Fsp3) is 0.333. The maximum Gasteiger partial charge on any atom is 0.124 e. The maximum absolute atomic E-state index is 12.8. The van der Waals surface area contributed by atoms with Crippen LogP contribution in [0, 0.1) is 5.82 Å². The molecule has 1 aromatic carbocycles. The highest BCUT2D eigenvalue weighted by Gasteiger charge is 1.99. The number of likely N-dealkylation sites (N-methyl/N-ethyl adjacent to an activating group) is 1. The summed E-state index contributed by atoms with van der Waals surface area (Å²) in [5.74, 6) is -0.219. The largest absolute Gasteiger partial charge is 0.313 e. The van der Waals surface area contributed by atoms with Crippen LogP contribution in [0.4, 0.5) is 4.39 Å². The number of hydrogen-bond donors (Lipinski definition) is 1. The molecule has 3 heteroatoms. The zero-order chi connectivity index (χ0) is 11.3.